The Bertz CT molecular complexity index is 1000. The molecule has 4 aliphatic rings. The van der Waals surface area contributed by atoms with Gasteiger partial charge in [-0.2, -0.15) is 0 Å². The zero-order chi connectivity index (χ0) is 23.1. The molecule has 3 saturated heterocycles. The van der Waals surface area contributed by atoms with Gasteiger partial charge in [-0.05, 0) is 56.6 Å². The van der Waals surface area contributed by atoms with Crippen LogP contribution in [-0.2, 0) is 6.54 Å². The molecule has 3 aliphatic heterocycles. The molecule has 0 radical (unpaired) electrons. The van der Waals surface area contributed by atoms with Crippen LogP contribution in [0.5, 0.6) is 0 Å². The second kappa shape index (κ2) is 9.24. The number of hydrogen-bond donors (Lipinski definition) is 3. The molecule has 6 atom stereocenters. The highest BCUT2D eigenvalue weighted by atomic mass is 16.2. The van der Waals surface area contributed by atoms with Gasteiger partial charge in [-0.15, -0.1) is 0 Å². The van der Waals surface area contributed by atoms with Crippen LogP contribution < -0.4 is 16.2 Å². The van der Waals surface area contributed by atoms with Crippen molar-refractivity contribution < 1.29 is 4.79 Å². The normalized spacial score (nSPS) is 33.8. The van der Waals surface area contributed by atoms with Crippen LogP contribution in [0.4, 0.5) is 4.79 Å². The zero-order valence-electron chi connectivity index (χ0n) is 19.9. The van der Waals surface area contributed by atoms with Crippen LogP contribution in [0.1, 0.15) is 48.7 Å². The fourth-order valence-electron chi connectivity index (χ4n) is 6.59. The van der Waals surface area contributed by atoms with Gasteiger partial charge >= 0.3 is 6.03 Å². The number of carbonyl (C=O) groups is 1. The lowest BCUT2D eigenvalue weighted by atomic mass is 9.71. The van der Waals surface area contributed by atoms with Gasteiger partial charge in [0.1, 0.15) is 5.82 Å². The second-order valence-corrected chi connectivity index (χ2v) is 10.6. The van der Waals surface area contributed by atoms with Crippen LogP contribution in [-0.4, -0.2) is 63.6 Å². The van der Waals surface area contributed by atoms with E-state index in [-0.39, 0.29) is 24.2 Å². The SMILES string of the molecule is Cc1ncc(C2NNC3CC4NC(=O)N([C@@H]5CCCN(Cc6ccccc6)C5)CC4CC32)cn1. The fourth-order valence-corrected chi connectivity index (χ4v) is 6.59. The van der Waals surface area contributed by atoms with Crippen molar-refractivity contribution in [3.8, 4) is 0 Å². The molecule has 4 fully saturated rings. The van der Waals surface area contributed by atoms with Gasteiger partial charge in [0.2, 0.25) is 0 Å². The molecule has 1 aromatic carbocycles. The number of hydrazine groups is 1. The number of hydrogen-bond acceptors (Lipinski definition) is 6. The van der Waals surface area contributed by atoms with E-state index in [1.807, 2.05) is 19.3 Å². The Morgan fingerprint density at radius 1 is 1.03 bits per heavy atom. The van der Waals surface area contributed by atoms with Crippen molar-refractivity contribution in [1.29, 1.82) is 0 Å². The number of nitrogens with one attached hydrogen (secondary N) is 3. The molecule has 3 N–H and O–H groups in total. The lowest BCUT2D eigenvalue weighted by Gasteiger charge is -2.49. The summed E-state index contributed by atoms with van der Waals surface area (Å²) in [6.45, 7) is 5.80. The van der Waals surface area contributed by atoms with E-state index in [1.54, 1.807) is 0 Å². The van der Waals surface area contributed by atoms with Crippen molar-refractivity contribution in [3.05, 3.63) is 59.7 Å². The molecule has 8 heteroatoms. The summed E-state index contributed by atoms with van der Waals surface area (Å²) in [6.07, 6.45) is 8.20. The summed E-state index contributed by atoms with van der Waals surface area (Å²) in [5, 5.41) is 3.38. The first kappa shape index (κ1) is 21.9. The van der Waals surface area contributed by atoms with E-state index in [0.717, 1.165) is 63.3 Å². The van der Waals surface area contributed by atoms with E-state index in [0.29, 0.717) is 17.9 Å². The van der Waals surface area contributed by atoms with Crippen LogP contribution >= 0.6 is 0 Å². The topological polar surface area (TPSA) is 85.4 Å². The third kappa shape index (κ3) is 4.30. The van der Waals surface area contributed by atoms with E-state index in [1.165, 1.54) is 5.56 Å². The largest absolute Gasteiger partial charge is 0.335 e. The number of rotatable bonds is 4. The zero-order valence-corrected chi connectivity index (χ0v) is 19.9. The number of nitrogens with zero attached hydrogens (tertiary/aromatic N) is 4. The molecule has 4 heterocycles. The quantitative estimate of drug-likeness (QED) is 0.648. The van der Waals surface area contributed by atoms with Gasteiger partial charge in [-0.25, -0.2) is 20.2 Å². The molecule has 0 bridgehead atoms. The van der Waals surface area contributed by atoms with Crippen molar-refractivity contribution in [3.63, 3.8) is 0 Å². The summed E-state index contributed by atoms with van der Waals surface area (Å²) >= 11 is 0. The Morgan fingerprint density at radius 2 is 1.85 bits per heavy atom. The van der Waals surface area contributed by atoms with Gasteiger partial charge in [-0.3, -0.25) is 10.3 Å². The average molecular weight is 462 g/mol. The molecule has 1 aliphatic carbocycles. The summed E-state index contributed by atoms with van der Waals surface area (Å²) in [5.41, 5.74) is 9.48. The molecule has 2 aromatic rings. The number of likely N-dealkylation sites (tertiary alicyclic amines) is 1. The third-order valence-electron chi connectivity index (χ3n) is 8.35. The van der Waals surface area contributed by atoms with E-state index < -0.39 is 0 Å². The molecule has 6 rings (SSSR count). The summed E-state index contributed by atoms with van der Waals surface area (Å²) in [6, 6.07) is 11.9. The second-order valence-electron chi connectivity index (χ2n) is 10.6. The molecule has 2 amide bonds. The smallest absolute Gasteiger partial charge is 0.317 e. The first-order valence-electron chi connectivity index (χ1n) is 12.8. The Hall–Kier alpha value is -2.55. The molecule has 5 unspecified atom stereocenters. The highest BCUT2D eigenvalue weighted by molar-refractivity contribution is 5.76. The van der Waals surface area contributed by atoms with Gasteiger partial charge in [-0.1, -0.05) is 30.3 Å². The van der Waals surface area contributed by atoms with Crippen LogP contribution in [0.15, 0.2) is 42.7 Å². The van der Waals surface area contributed by atoms with Gasteiger partial charge in [0, 0.05) is 55.7 Å². The maximum atomic E-state index is 13.2. The standard InChI is InChI=1S/C26H35N7O/c1-17-27-12-20(13-28-17)25-22-10-19-15-33(26(34)29-23(19)11-24(22)30-31-25)21-8-5-9-32(16-21)14-18-6-3-2-4-7-18/h2-4,6-7,12-13,19,21-25,30-31H,5,8-11,14-16H2,1H3,(H,29,34)/t19?,21-,22?,23?,24?,25?/m1/s1. The van der Waals surface area contributed by atoms with Gasteiger partial charge in [0.05, 0.1) is 6.04 Å². The van der Waals surface area contributed by atoms with Crippen molar-refractivity contribution in [2.24, 2.45) is 11.8 Å². The highest BCUT2D eigenvalue weighted by Crippen LogP contribution is 2.42. The average Bonchev–Trinajstić information content (AvgIpc) is 3.26. The molecule has 1 saturated carbocycles. The maximum absolute atomic E-state index is 13.2. The molecule has 1 aromatic heterocycles. The number of aryl methyl sites for hydroxylation is 1. The third-order valence-corrected chi connectivity index (χ3v) is 8.35. The van der Waals surface area contributed by atoms with E-state index >= 15 is 0 Å². The number of aromatic nitrogens is 2. The number of urea groups is 1. The molecule has 0 spiro atoms. The number of carbonyl (C=O) groups excluding carboxylic acids is 1. The Labute approximate surface area is 201 Å². The van der Waals surface area contributed by atoms with E-state index in [2.05, 4.69) is 66.3 Å². The summed E-state index contributed by atoms with van der Waals surface area (Å²) < 4.78 is 0. The van der Waals surface area contributed by atoms with Crippen LogP contribution in [0.25, 0.3) is 0 Å². The molecular formula is C26H35N7O. The van der Waals surface area contributed by atoms with E-state index in [9.17, 15) is 4.79 Å². The lowest BCUT2D eigenvalue weighted by molar-refractivity contribution is 0.0523. The molecule has 34 heavy (non-hydrogen) atoms. The van der Waals surface area contributed by atoms with Crippen LogP contribution in [0, 0.1) is 18.8 Å². The van der Waals surface area contributed by atoms with Crippen LogP contribution in [0.2, 0.25) is 0 Å². The van der Waals surface area contributed by atoms with Gasteiger partial charge in [0.15, 0.2) is 0 Å². The number of benzene rings is 1. The fraction of sp³-hybridized carbons (Fsp3) is 0.577. The highest BCUT2D eigenvalue weighted by Gasteiger charge is 2.48. The Kier molecular flexibility index (Phi) is 5.97. The lowest BCUT2D eigenvalue weighted by Crippen LogP contribution is -2.64. The predicted octanol–water partition coefficient (Wildman–Crippen LogP) is 2.39. The minimum atomic E-state index is 0.126. The van der Waals surface area contributed by atoms with Crippen molar-refractivity contribution >= 4 is 6.03 Å². The minimum absolute atomic E-state index is 0.126. The minimum Gasteiger partial charge on any atom is -0.335 e. The van der Waals surface area contributed by atoms with E-state index in [4.69, 9.17) is 0 Å². The summed E-state index contributed by atoms with van der Waals surface area (Å²) in [4.78, 5) is 26.7. The van der Waals surface area contributed by atoms with Gasteiger partial charge in [0.25, 0.3) is 0 Å². The van der Waals surface area contributed by atoms with Crippen LogP contribution in [0.3, 0.4) is 0 Å². The van der Waals surface area contributed by atoms with Crippen molar-refractivity contribution in [1.82, 2.24) is 35.9 Å². The summed E-state index contributed by atoms with van der Waals surface area (Å²) in [5.74, 6) is 1.75. The first-order valence-corrected chi connectivity index (χ1v) is 12.8. The number of amides is 2. The first-order chi connectivity index (χ1) is 16.6. The number of fused-ring (bicyclic) bond motifs is 2. The van der Waals surface area contributed by atoms with Gasteiger partial charge < -0.3 is 10.2 Å². The molecule has 180 valence electrons. The Balaban J connectivity index is 1.13. The van der Waals surface area contributed by atoms with Crippen molar-refractivity contribution in [2.45, 2.75) is 63.3 Å². The summed E-state index contributed by atoms with van der Waals surface area (Å²) in [7, 11) is 0. The van der Waals surface area contributed by atoms with Crippen molar-refractivity contribution in [2.75, 3.05) is 19.6 Å². The molecule has 8 nitrogen and oxygen atoms in total. The predicted molar refractivity (Wildman–Crippen MR) is 130 cm³/mol. The maximum Gasteiger partial charge on any atom is 0.317 e. The number of piperidine rings is 1. The monoisotopic (exact) mass is 461 g/mol. The molecular weight excluding hydrogens is 426 g/mol. The Morgan fingerprint density at radius 3 is 2.68 bits per heavy atom.